The molecule has 0 aromatic carbocycles. The van der Waals surface area contributed by atoms with E-state index in [1.165, 1.54) is 12.1 Å². The van der Waals surface area contributed by atoms with Crippen molar-refractivity contribution in [3.63, 3.8) is 0 Å². The summed E-state index contributed by atoms with van der Waals surface area (Å²) in [5.41, 5.74) is 0.205. The van der Waals surface area contributed by atoms with Crippen molar-refractivity contribution >= 4 is 0 Å². The molecule has 6 nitrogen and oxygen atoms in total. The van der Waals surface area contributed by atoms with Crippen LogP contribution in [-0.2, 0) is 0 Å². The first-order valence-corrected chi connectivity index (χ1v) is 4.56. The molecule has 0 unspecified atom stereocenters. The Kier molecular flexibility index (Phi) is 2.32. The second-order valence-corrected chi connectivity index (χ2v) is 3.42. The number of hydrogen-bond donors (Lipinski definition) is 1. The van der Waals surface area contributed by atoms with Gasteiger partial charge in [0.25, 0.3) is 11.4 Å². The fourth-order valence-electron chi connectivity index (χ4n) is 1.04. The van der Waals surface area contributed by atoms with Crippen molar-refractivity contribution in [1.82, 2.24) is 20.3 Å². The molecule has 6 heteroatoms. The van der Waals surface area contributed by atoms with Crippen molar-refractivity contribution in [2.75, 3.05) is 0 Å². The highest BCUT2D eigenvalue weighted by Crippen LogP contribution is 2.16. The van der Waals surface area contributed by atoms with Gasteiger partial charge in [0.05, 0.1) is 0 Å². The van der Waals surface area contributed by atoms with E-state index in [0.29, 0.717) is 17.4 Å². The normalized spacial score (nSPS) is 10.9. The van der Waals surface area contributed by atoms with Crippen molar-refractivity contribution < 1.29 is 4.52 Å². The highest BCUT2D eigenvalue weighted by molar-refractivity contribution is 5.44. The molecule has 15 heavy (non-hydrogen) atoms. The van der Waals surface area contributed by atoms with E-state index in [9.17, 15) is 4.79 Å². The van der Waals surface area contributed by atoms with Gasteiger partial charge in [0, 0.05) is 12.0 Å². The zero-order valence-corrected chi connectivity index (χ0v) is 8.39. The van der Waals surface area contributed by atoms with Crippen molar-refractivity contribution in [2.45, 2.75) is 19.8 Å². The third kappa shape index (κ3) is 1.93. The monoisotopic (exact) mass is 206 g/mol. The average Bonchev–Trinajstić information content (AvgIpc) is 2.68. The molecule has 0 bridgehead atoms. The number of H-pyrrole nitrogens is 1. The van der Waals surface area contributed by atoms with Crippen LogP contribution in [0.4, 0.5) is 0 Å². The van der Waals surface area contributed by atoms with Crippen LogP contribution in [-0.4, -0.2) is 20.3 Å². The van der Waals surface area contributed by atoms with Crippen LogP contribution in [0.25, 0.3) is 11.6 Å². The second-order valence-electron chi connectivity index (χ2n) is 3.42. The quantitative estimate of drug-likeness (QED) is 0.790. The third-order valence-electron chi connectivity index (χ3n) is 1.86. The van der Waals surface area contributed by atoms with Gasteiger partial charge in [-0.1, -0.05) is 19.0 Å². The van der Waals surface area contributed by atoms with Crippen LogP contribution in [0.2, 0.25) is 0 Å². The number of aromatic amines is 1. The summed E-state index contributed by atoms with van der Waals surface area (Å²) >= 11 is 0. The lowest BCUT2D eigenvalue weighted by molar-refractivity contribution is 0.417. The molecule has 0 saturated heterocycles. The molecular weight excluding hydrogens is 196 g/mol. The molecule has 0 radical (unpaired) electrons. The summed E-state index contributed by atoms with van der Waals surface area (Å²) in [7, 11) is 0. The minimum absolute atomic E-state index is 0.199. The first kappa shape index (κ1) is 9.57. The molecule has 2 rings (SSSR count). The fraction of sp³-hybridized carbons (Fsp3) is 0.333. The van der Waals surface area contributed by atoms with Crippen molar-refractivity contribution in [3.8, 4) is 11.6 Å². The number of nitrogens with zero attached hydrogens (tertiary/aromatic N) is 3. The highest BCUT2D eigenvalue weighted by Gasteiger charge is 2.12. The first-order chi connectivity index (χ1) is 7.16. The minimum Gasteiger partial charge on any atom is -0.332 e. The predicted octanol–water partition coefficient (Wildman–Crippen LogP) is 0.943. The summed E-state index contributed by atoms with van der Waals surface area (Å²) in [6.45, 7) is 3.93. The molecule has 0 aliphatic heterocycles. The lowest BCUT2D eigenvalue weighted by Crippen LogP contribution is -2.05. The van der Waals surface area contributed by atoms with Gasteiger partial charge in [0.1, 0.15) is 5.69 Å². The minimum atomic E-state index is -0.262. The summed E-state index contributed by atoms with van der Waals surface area (Å²) in [4.78, 5) is 14.9. The van der Waals surface area contributed by atoms with Crippen molar-refractivity contribution in [3.05, 3.63) is 28.3 Å². The Hall–Kier alpha value is -1.98. The maximum absolute atomic E-state index is 10.8. The van der Waals surface area contributed by atoms with Gasteiger partial charge in [-0.25, -0.2) is 5.10 Å². The van der Waals surface area contributed by atoms with E-state index in [1.54, 1.807) is 0 Å². The molecule has 0 aliphatic rings. The summed E-state index contributed by atoms with van der Waals surface area (Å²) < 4.78 is 5.01. The Bertz CT molecular complexity index is 494. The van der Waals surface area contributed by atoms with E-state index in [4.69, 9.17) is 4.52 Å². The van der Waals surface area contributed by atoms with Crippen LogP contribution in [0.1, 0.15) is 25.6 Å². The fourth-order valence-corrected chi connectivity index (χ4v) is 1.04. The van der Waals surface area contributed by atoms with Crippen LogP contribution in [0.3, 0.4) is 0 Å². The Morgan fingerprint density at radius 2 is 2.20 bits per heavy atom. The predicted molar refractivity (Wildman–Crippen MR) is 52.2 cm³/mol. The SMILES string of the molecule is CC(C)c1noc(-c2ccc(=O)[nH]n2)n1. The molecule has 0 spiro atoms. The van der Waals surface area contributed by atoms with E-state index in [-0.39, 0.29) is 11.5 Å². The number of nitrogens with one attached hydrogen (secondary N) is 1. The van der Waals surface area contributed by atoms with Gasteiger partial charge in [0.2, 0.25) is 0 Å². The summed E-state index contributed by atoms with van der Waals surface area (Å²) in [5, 5.41) is 9.89. The highest BCUT2D eigenvalue weighted by atomic mass is 16.5. The molecule has 2 heterocycles. The summed E-state index contributed by atoms with van der Waals surface area (Å²) in [6.07, 6.45) is 0. The van der Waals surface area contributed by atoms with Crippen LogP contribution >= 0.6 is 0 Å². The summed E-state index contributed by atoms with van der Waals surface area (Å²) in [5.74, 6) is 1.14. The standard InChI is InChI=1S/C9H10N4O2/c1-5(2)8-10-9(15-13-8)6-3-4-7(14)12-11-6/h3-5H,1-2H3,(H,12,14). The van der Waals surface area contributed by atoms with Gasteiger partial charge in [-0.2, -0.15) is 10.1 Å². The Labute approximate surface area is 85.3 Å². The molecule has 2 aromatic heterocycles. The molecule has 0 saturated carbocycles. The molecule has 78 valence electrons. The molecule has 0 aliphatic carbocycles. The van der Waals surface area contributed by atoms with Crippen molar-refractivity contribution in [1.29, 1.82) is 0 Å². The summed E-state index contributed by atoms with van der Waals surface area (Å²) in [6, 6.07) is 2.90. The molecule has 1 N–H and O–H groups in total. The van der Waals surface area contributed by atoms with Crippen LogP contribution in [0, 0.1) is 0 Å². The Balaban J connectivity index is 2.37. The van der Waals surface area contributed by atoms with Crippen LogP contribution in [0.15, 0.2) is 21.5 Å². The van der Waals surface area contributed by atoms with Gasteiger partial charge in [-0.15, -0.1) is 0 Å². The van der Waals surface area contributed by atoms with Gasteiger partial charge in [-0.3, -0.25) is 4.79 Å². The topological polar surface area (TPSA) is 84.7 Å². The van der Waals surface area contributed by atoms with E-state index in [0.717, 1.165) is 0 Å². The number of hydrogen-bond acceptors (Lipinski definition) is 5. The van der Waals surface area contributed by atoms with Gasteiger partial charge < -0.3 is 4.52 Å². The van der Waals surface area contributed by atoms with Gasteiger partial charge in [0.15, 0.2) is 5.82 Å². The average molecular weight is 206 g/mol. The zero-order valence-electron chi connectivity index (χ0n) is 8.39. The molecule has 2 aromatic rings. The Morgan fingerprint density at radius 1 is 1.40 bits per heavy atom. The van der Waals surface area contributed by atoms with E-state index in [1.807, 2.05) is 13.8 Å². The van der Waals surface area contributed by atoms with E-state index >= 15 is 0 Å². The largest absolute Gasteiger partial charge is 0.332 e. The zero-order chi connectivity index (χ0) is 10.8. The maximum atomic E-state index is 10.8. The second kappa shape index (κ2) is 3.64. The van der Waals surface area contributed by atoms with E-state index in [2.05, 4.69) is 20.3 Å². The Morgan fingerprint density at radius 3 is 2.73 bits per heavy atom. The van der Waals surface area contributed by atoms with Gasteiger partial charge in [-0.05, 0) is 6.07 Å². The lowest BCUT2D eigenvalue weighted by Gasteiger charge is -1.92. The first-order valence-electron chi connectivity index (χ1n) is 4.56. The maximum Gasteiger partial charge on any atom is 0.278 e. The van der Waals surface area contributed by atoms with Crippen LogP contribution in [0.5, 0.6) is 0 Å². The van der Waals surface area contributed by atoms with Crippen LogP contribution < -0.4 is 5.56 Å². The molecule has 0 atom stereocenters. The lowest BCUT2D eigenvalue weighted by atomic mass is 10.2. The molecule has 0 fully saturated rings. The molecule has 0 amide bonds. The van der Waals surface area contributed by atoms with Crippen molar-refractivity contribution in [2.24, 2.45) is 0 Å². The molecular formula is C9H10N4O2. The van der Waals surface area contributed by atoms with E-state index < -0.39 is 0 Å². The number of aromatic nitrogens is 4. The third-order valence-corrected chi connectivity index (χ3v) is 1.86. The smallest absolute Gasteiger partial charge is 0.278 e. The van der Waals surface area contributed by atoms with Gasteiger partial charge >= 0.3 is 0 Å². The number of rotatable bonds is 2.